The monoisotopic (exact) mass is 525 g/mol. The SMILES string of the molecule is CS(=O)(=O)CCNCCNc1ccc2c(Nc3ccc(S(=O)(=O)c4ccccc4)cc3)ncnc2c1. The Balaban J connectivity index is 1.41. The molecule has 4 rings (SSSR count). The van der Waals surface area contributed by atoms with Gasteiger partial charge < -0.3 is 16.0 Å². The molecule has 11 heteroatoms. The summed E-state index contributed by atoms with van der Waals surface area (Å²) in [4.78, 5) is 9.17. The van der Waals surface area contributed by atoms with Crippen molar-refractivity contribution in [2.75, 3.05) is 42.3 Å². The Kier molecular flexibility index (Phi) is 7.82. The molecule has 0 unspecified atom stereocenters. The van der Waals surface area contributed by atoms with Crippen LogP contribution in [0.25, 0.3) is 10.9 Å². The van der Waals surface area contributed by atoms with Crippen LogP contribution in [0.15, 0.2) is 88.9 Å². The summed E-state index contributed by atoms with van der Waals surface area (Å²) in [6.45, 7) is 1.67. The lowest BCUT2D eigenvalue weighted by molar-refractivity contribution is 0.595. The molecule has 4 aromatic rings. The van der Waals surface area contributed by atoms with E-state index >= 15 is 0 Å². The summed E-state index contributed by atoms with van der Waals surface area (Å²) in [5.74, 6) is 0.717. The van der Waals surface area contributed by atoms with Crippen LogP contribution < -0.4 is 16.0 Å². The van der Waals surface area contributed by atoms with Gasteiger partial charge in [0, 0.05) is 42.7 Å². The van der Waals surface area contributed by atoms with E-state index < -0.39 is 19.7 Å². The summed E-state index contributed by atoms with van der Waals surface area (Å²) in [5, 5.41) is 10.4. The lowest BCUT2D eigenvalue weighted by Gasteiger charge is -2.11. The standard InChI is InChI=1S/C25H27N5O4S2/c1-35(31,32)16-15-26-13-14-27-20-9-12-23-24(17-20)28-18-29-25(23)30-19-7-10-22(11-8-19)36(33,34)21-5-3-2-4-6-21/h2-12,17-18,26-27H,13-16H2,1H3,(H,28,29,30). The summed E-state index contributed by atoms with van der Waals surface area (Å²) in [6, 6.07) is 20.6. The summed E-state index contributed by atoms with van der Waals surface area (Å²) in [5.41, 5.74) is 2.32. The number of nitrogens with zero attached hydrogens (tertiary/aromatic N) is 2. The van der Waals surface area contributed by atoms with E-state index in [2.05, 4.69) is 25.9 Å². The van der Waals surface area contributed by atoms with Gasteiger partial charge in [0.25, 0.3) is 0 Å². The third-order valence-electron chi connectivity index (χ3n) is 5.40. The summed E-state index contributed by atoms with van der Waals surface area (Å²) < 4.78 is 47.9. The van der Waals surface area contributed by atoms with Crippen molar-refractivity contribution in [3.63, 3.8) is 0 Å². The van der Waals surface area contributed by atoms with E-state index in [-0.39, 0.29) is 15.5 Å². The Bertz CT molecular complexity index is 1540. The number of anilines is 3. The Labute approximate surface area is 210 Å². The van der Waals surface area contributed by atoms with Gasteiger partial charge in [0.2, 0.25) is 9.84 Å². The minimum atomic E-state index is -3.58. The lowest BCUT2D eigenvalue weighted by atomic mass is 10.2. The number of nitrogens with one attached hydrogen (secondary N) is 3. The van der Waals surface area contributed by atoms with Crippen molar-refractivity contribution in [2.45, 2.75) is 9.79 Å². The molecular weight excluding hydrogens is 498 g/mol. The third-order valence-corrected chi connectivity index (χ3v) is 8.13. The molecule has 188 valence electrons. The average molecular weight is 526 g/mol. The molecule has 1 heterocycles. The van der Waals surface area contributed by atoms with E-state index in [4.69, 9.17) is 0 Å². The maximum Gasteiger partial charge on any atom is 0.206 e. The smallest absolute Gasteiger partial charge is 0.206 e. The molecule has 0 bridgehead atoms. The van der Waals surface area contributed by atoms with Crippen molar-refractivity contribution < 1.29 is 16.8 Å². The Hall–Kier alpha value is -3.54. The van der Waals surface area contributed by atoms with Gasteiger partial charge in [0.05, 0.1) is 21.1 Å². The molecule has 0 saturated carbocycles. The van der Waals surface area contributed by atoms with Crippen LogP contribution in [-0.2, 0) is 19.7 Å². The highest BCUT2D eigenvalue weighted by Gasteiger charge is 2.17. The summed E-state index contributed by atoms with van der Waals surface area (Å²) >= 11 is 0. The normalized spacial score (nSPS) is 11.9. The zero-order valence-electron chi connectivity index (χ0n) is 19.7. The second-order valence-corrected chi connectivity index (χ2v) is 12.4. The van der Waals surface area contributed by atoms with E-state index in [1.54, 1.807) is 54.6 Å². The topological polar surface area (TPSA) is 130 Å². The molecule has 36 heavy (non-hydrogen) atoms. The molecule has 0 aliphatic heterocycles. The lowest BCUT2D eigenvalue weighted by Crippen LogP contribution is -2.27. The molecule has 0 spiro atoms. The highest BCUT2D eigenvalue weighted by Crippen LogP contribution is 2.27. The Morgan fingerprint density at radius 1 is 0.750 bits per heavy atom. The first-order valence-corrected chi connectivity index (χ1v) is 14.8. The number of aromatic nitrogens is 2. The molecule has 0 atom stereocenters. The Morgan fingerprint density at radius 2 is 1.44 bits per heavy atom. The second-order valence-electron chi connectivity index (χ2n) is 8.23. The van der Waals surface area contributed by atoms with Crippen LogP contribution in [0.1, 0.15) is 0 Å². The predicted octanol–water partition coefficient (Wildman–Crippen LogP) is 3.25. The van der Waals surface area contributed by atoms with Crippen LogP contribution in [0, 0.1) is 0 Å². The molecule has 0 fully saturated rings. The van der Waals surface area contributed by atoms with Gasteiger partial charge in [-0.15, -0.1) is 0 Å². The van der Waals surface area contributed by atoms with Crippen molar-refractivity contribution in [2.24, 2.45) is 0 Å². The highest BCUT2D eigenvalue weighted by molar-refractivity contribution is 7.91. The van der Waals surface area contributed by atoms with E-state index in [0.717, 1.165) is 16.6 Å². The molecule has 1 aromatic heterocycles. The van der Waals surface area contributed by atoms with Gasteiger partial charge in [-0.25, -0.2) is 26.8 Å². The van der Waals surface area contributed by atoms with Crippen LogP contribution >= 0.6 is 0 Å². The van der Waals surface area contributed by atoms with Gasteiger partial charge in [0.15, 0.2) is 0 Å². The highest BCUT2D eigenvalue weighted by atomic mass is 32.2. The molecule has 0 aliphatic carbocycles. The fourth-order valence-corrected chi connectivity index (χ4v) is 5.33. The third kappa shape index (κ3) is 6.56. The molecule has 3 aromatic carbocycles. The molecular formula is C25H27N5O4S2. The maximum absolute atomic E-state index is 12.8. The molecule has 9 nitrogen and oxygen atoms in total. The number of benzene rings is 3. The predicted molar refractivity (Wildman–Crippen MR) is 142 cm³/mol. The van der Waals surface area contributed by atoms with Gasteiger partial charge >= 0.3 is 0 Å². The van der Waals surface area contributed by atoms with Crippen molar-refractivity contribution >= 4 is 47.8 Å². The molecule has 0 aliphatic rings. The quantitative estimate of drug-likeness (QED) is 0.253. The fourth-order valence-electron chi connectivity index (χ4n) is 3.53. The first kappa shape index (κ1) is 25.5. The zero-order valence-corrected chi connectivity index (χ0v) is 21.3. The number of sulfone groups is 2. The van der Waals surface area contributed by atoms with Crippen LogP contribution in [-0.4, -0.2) is 58.4 Å². The second kappa shape index (κ2) is 11.0. The minimum absolute atomic E-state index is 0.112. The first-order valence-electron chi connectivity index (χ1n) is 11.3. The van der Waals surface area contributed by atoms with Crippen molar-refractivity contribution in [1.82, 2.24) is 15.3 Å². The van der Waals surface area contributed by atoms with E-state index in [0.29, 0.717) is 31.1 Å². The first-order chi connectivity index (χ1) is 17.2. The van der Waals surface area contributed by atoms with Crippen LogP contribution in [0.3, 0.4) is 0 Å². The van der Waals surface area contributed by atoms with Crippen LogP contribution in [0.5, 0.6) is 0 Å². The molecule has 0 radical (unpaired) electrons. The van der Waals surface area contributed by atoms with Gasteiger partial charge in [-0.05, 0) is 54.6 Å². The maximum atomic E-state index is 12.8. The number of hydrogen-bond donors (Lipinski definition) is 3. The molecule has 3 N–H and O–H groups in total. The van der Waals surface area contributed by atoms with Gasteiger partial charge in [-0.3, -0.25) is 0 Å². The zero-order chi connectivity index (χ0) is 25.6. The largest absolute Gasteiger partial charge is 0.384 e. The average Bonchev–Trinajstić information content (AvgIpc) is 2.86. The number of fused-ring (bicyclic) bond motifs is 1. The van der Waals surface area contributed by atoms with E-state index in [1.807, 2.05) is 18.2 Å². The van der Waals surface area contributed by atoms with Crippen molar-refractivity contribution in [1.29, 1.82) is 0 Å². The number of rotatable bonds is 11. The van der Waals surface area contributed by atoms with Crippen molar-refractivity contribution in [3.05, 3.63) is 79.1 Å². The van der Waals surface area contributed by atoms with Crippen LogP contribution in [0.2, 0.25) is 0 Å². The van der Waals surface area contributed by atoms with E-state index in [1.165, 1.54) is 12.6 Å². The Morgan fingerprint density at radius 3 is 2.17 bits per heavy atom. The fraction of sp³-hybridized carbons (Fsp3) is 0.200. The van der Waals surface area contributed by atoms with Gasteiger partial charge in [-0.2, -0.15) is 0 Å². The molecule has 0 amide bonds. The number of hydrogen-bond acceptors (Lipinski definition) is 9. The van der Waals surface area contributed by atoms with E-state index in [9.17, 15) is 16.8 Å². The van der Waals surface area contributed by atoms with Gasteiger partial charge in [-0.1, -0.05) is 18.2 Å². The summed E-state index contributed by atoms with van der Waals surface area (Å²) in [7, 11) is -6.54. The molecule has 0 saturated heterocycles. The van der Waals surface area contributed by atoms with Crippen molar-refractivity contribution in [3.8, 4) is 0 Å². The van der Waals surface area contributed by atoms with Crippen LogP contribution in [0.4, 0.5) is 17.2 Å². The minimum Gasteiger partial charge on any atom is -0.384 e. The van der Waals surface area contributed by atoms with Gasteiger partial charge in [0.1, 0.15) is 22.0 Å². The summed E-state index contributed by atoms with van der Waals surface area (Å²) in [6.07, 6.45) is 2.69.